The second-order valence-corrected chi connectivity index (χ2v) is 6.48. The monoisotopic (exact) mass is 314 g/mol. The van der Waals surface area contributed by atoms with E-state index >= 15 is 0 Å². The van der Waals surface area contributed by atoms with Crippen LogP contribution in [-0.2, 0) is 11.8 Å². The van der Waals surface area contributed by atoms with E-state index in [0.717, 1.165) is 12.1 Å². The SMILES string of the molecule is Cn1cc(N2CC3(CCN(C(=O)c4ccn[nH]4)C3)CC2=O)cn1. The minimum Gasteiger partial charge on any atom is -0.337 e. The number of hydrogen-bond acceptors (Lipinski definition) is 4. The lowest BCUT2D eigenvalue weighted by Crippen LogP contribution is -2.34. The molecule has 120 valence electrons. The molecule has 23 heavy (non-hydrogen) atoms. The molecule has 2 amide bonds. The number of likely N-dealkylation sites (tertiary alicyclic amines) is 1. The number of aromatic nitrogens is 4. The second-order valence-electron chi connectivity index (χ2n) is 6.48. The summed E-state index contributed by atoms with van der Waals surface area (Å²) in [6.45, 7) is 1.92. The summed E-state index contributed by atoms with van der Waals surface area (Å²) in [7, 11) is 1.83. The maximum atomic E-state index is 12.4. The van der Waals surface area contributed by atoms with E-state index in [1.165, 1.54) is 0 Å². The van der Waals surface area contributed by atoms with Gasteiger partial charge >= 0.3 is 0 Å². The third kappa shape index (κ3) is 2.30. The summed E-state index contributed by atoms with van der Waals surface area (Å²) in [5, 5.41) is 10.7. The Morgan fingerprint density at radius 1 is 1.39 bits per heavy atom. The summed E-state index contributed by atoms with van der Waals surface area (Å²) in [6, 6.07) is 1.68. The first-order valence-corrected chi connectivity index (χ1v) is 7.64. The summed E-state index contributed by atoms with van der Waals surface area (Å²) >= 11 is 0. The molecule has 1 spiro atoms. The van der Waals surface area contributed by atoms with Crippen molar-refractivity contribution >= 4 is 17.5 Å². The van der Waals surface area contributed by atoms with E-state index in [-0.39, 0.29) is 17.2 Å². The highest BCUT2D eigenvalue weighted by atomic mass is 16.2. The second kappa shape index (κ2) is 4.94. The maximum Gasteiger partial charge on any atom is 0.271 e. The molecule has 2 aromatic heterocycles. The van der Waals surface area contributed by atoms with Crippen LogP contribution in [0.25, 0.3) is 0 Å². The molecule has 2 aliphatic rings. The molecule has 1 N–H and O–H groups in total. The summed E-state index contributed by atoms with van der Waals surface area (Å²) in [5.74, 6) is 0.0560. The van der Waals surface area contributed by atoms with Crippen LogP contribution in [-0.4, -0.2) is 56.3 Å². The summed E-state index contributed by atoms with van der Waals surface area (Å²) < 4.78 is 1.69. The number of nitrogens with zero attached hydrogens (tertiary/aromatic N) is 5. The number of carbonyl (C=O) groups excluding carboxylic acids is 2. The Bertz CT molecular complexity index is 752. The molecule has 4 rings (SSSR count). The van der Waals surface area contributed by atoms with Gasteiger partial charge in [0.25, 0.3) is 5.91 Å². The minimum atomic E-state index is -0.150. The van der Waals surface area contributed by atoms with Crippen LogP contribution in [0.3, 0.4) is 0 Å². The van der Waals surface area contributed by atoms with Gasteiger partial charge in [0.2, 0.25) is 5.91 Å². The van der Waals surface area contributed by atoms with Crippen molar-refractivity contribution < 1.29 is 9.59 Å². The van der Waals surface area contributed by atoms with Gasteiger partial charge in [0.15, 0.2) is 0 Å². The first-order valence-electron chi connectivity index (χ1n) is 7.64. The smallest absolute Gasteiger partial charge is 0.271 e. The lowest BCUT2D eigenvalue weighted by atomic mass is 9.86. The maximum absolute atomic E-state index is 12.4. The van der Waals surface area contributed by atoms with Gasteiger partial charge in [-0.25, -0.2) is 0 Å². The molecule has 0 bridgehead atoms. The first kappa shape index (κ1) is 14.0. The van der Waals surface area contributed by atoms with Crippen LogP contribution in [0.1, 0.15) is 23.3 Å². The Morgan fingerprint density at radius 2 is 2.26 bits per heavy atom. The zero-order chi connectivity index (χ0) is 16.0. The largest absolute Gasteiger partial charge is 0.337 e. The summed E-state index contributed by atoms with van der Waals surface area (Å²) in [4.78, 5) is 28.4. The fourth-order valence-electron chi connectivity index (χ4n) is 3.61. The minimum absolute atomic E-state index is 0.0494. The van der Waals surface area contributed by atoms with Crippen LogP contribution in [0.5, 0.6) is 0 Å². The highest BCUT2D eigenvalue weighted by Gasteiger charge is 2.49. The Morgan fingerprint density at radius 3 is 2.96 bits per heavy atom. The normalized spacial score (nSPS) is 24.1. The van der Waals surface area contributed by atoms with Crippen LogP contribution < -0.4 is 4.90 Å². The van der Waals surface area contributed by atoms with Crippen LogP contribution in [0, 0.1) is 5.41 Å². The van der Waals surface area contributed by atoms with Crippen molar-refractivity contribution in [3.8, 4) is 0 Å². The number of aromatic amines is 1. The van der Waals surface area contributed by atoms with Crippen molar-refractivity contribution in [2.75, 3.05) is 24.5 Å². The summed E-state index contributed by atoms with van der Waals surface area (Å²) in [5.41, 5.74) is 1.17. The number of hydrogen-bond donors (Lipinski definition) is 1. The van der Waals surface area contributed by atoms with Gasteiger partial charge in [-0.2, -0.15) is 10.2 Å². The lowest BCUT2D eigenvalue weighted by Gasteiger charge is -2.23. The average molecular weight is 314 g/mol. The quantitative estimate of drug-likeness (QED) is 0.870. The fraction of sp³-hybridized carbons (Fsp3) is 0.467. The number of rotatable bonds is 2. The molecule has 0 aromatic carbocycles. The highest BCUT2D eigenvalue weighted by Crippen LogP contribution is 2.42. The Balaban J connectivity index is 1.50. The number of anilines is 1. The van der Waals surface area contributed by atoms with E-state index in [0.29, 0.717) is 31.7 Å². The Hall–Kier alpha value is -2.64. The number of carbonyl (C=O) groups is 2. The molecular formula is C15H18N6O2. The van der Waals surface area contributed by atoms with Crippen molar-refractivity contribution in [1.29, 1.82) is 0 Å². The van der Waals surface area contributed by atoms with E-state index in [4.69, 9.17) is 0 Å². The molecule has 8 nitrogen and oxygen atoms in total. The third-order valence-electron chi connectivity index (χ3n) is 4.78. The van der Waals surface area contributed by atoms with Crippen LogP contribution >= 0.6 is 0 Å². The van der Waals surface area contributed by atoms with Gasteiger partial charge in [-0.05, 0) is 12.5 Å². The van der Waals surface area contributed by atoms with E-state index in [9.17, 15) is 9.59 Å². The van der Waals surface area contributed by atoms with Crippen molar-refractivity contribution in [2.24, 2.45) is 12.5 Å². The van der Waals surface area contributed by atoms with Gasteiger partial charge in [-0.1, -0.05) is 0 Å². The van der Waals surface area contributed by atoms with E-state index in [1.807, 2.05) is 18.1 Å². The predicted molar refractivity (Wildman–Crippen MR) is 81.7 cm³/mol. The topological polar surface area (TPSA) is 87.1 Å². The average Bonchev–Trinajstić information content (AvgIpc) is 3.28. The molecule has 2 aromatic rings. The predicted octanol–water partition coefficient (Wildman–Crippen LogP) is 0.412. The van der Waals surface area contributed by atoms with Gasteiger partial charge in [0, 0.05) is 50.9 Å². The molecular weight excluding hydrogens is 296 g/mol. The van der Waals surface area contributed by atoms with Crippen molar-refractivity contribution in [1.82, 2.24) is 24.9 Å². The number of aryl methyl sites for hydroxylation is 1. The van der Waals surface area contributed by atoms with Crippen LogP contribution in [0.4, 0.5) is 5.69 Å². The van der Waals surface area contributed by atoms with Crippen molar-refractivity contribution in [3.05, 3.63) is 30.4 Å². The Kier molecular flexibility index (Phi) is 3.00. The molecule has 2 fully saturated rings. The van der Waals surface area contributed by atoms with E-state index in [1.54, 1.807) is 28.0 Å². The van der Waals surface area contributed by atoms with E-state index < -0.39 is 0 Å². The highest BCUT2D eigenvalue weighted by molar-refractivity contribution is 5.97. The van der Waals surface area contributed by atoms with Gasteiger partial charge in [0.05, 0.1) is 11.9 Å². The molecule has 1 atom stereocenters. The number of H-pyrrole nitrogens is 1. The van der Waals surface area contributed by atoms with Crippen molar-refractivity contribution in [3.63, 3.8) is 0 Å². The first-order chi connectivity index (χ1) is 11.1. The molecule has 1 unspecified atom stereocenters. The third-order valence-corrected chi connectivity index (χ3v) is 4.78. The van der Waals surface area contributed by atoms with E-state index in [2.05, 4.69) is 15.3 Å². The fourth-order valence-corrected chi connectivity index (χ4v) is 3.61. The molecule has 0 saturated carbocycles. The molecule has 4 heterocycles. The molecule has 2 saturated heterocycles. The van der Waals surface area contributed by atoms with Gasteiger partial charge in [0.1, 0.15) is 5.69 Å². The van der Waals surface area contributed by atoms with Gasteiger partial charge in [-0.15, -0.1) is 0 Å². The summed E-state index contributed by atoms with van der Waals surface area (Å²) in [6.07, 6.45) is 6.45. The number of amides is 2. The molecule has 0 aliphatic carbocycles. The Labute approximate surface area is 133 Å². The zero-order valence-corrected chi connectivity index (χ0v) is 12.9. The van der Waals surface area contributed by atoms with Crippen LogP contribution in [0.2, 0.25) is 0 Å². The molecule has 0 radical (unpaired) electrons. The zero-order valence-electron chi connectivity index (χ0n) is 12.9. The standard InChI is InChI=1S/C15H18N6O2/c1-19-8-11(7-17-19)21-10-15(6-13(21)22)3-5-20(9-15)14(23)12-2-4-16-18-12/h2,4,7-8H,3,5-6,9-10H2,1H3,(H,16,18). The van der Waals surface area contributed by atoms with Crippen molar-refractivity contribution in [2.45, 2.75) is 12.8 Å². The van der Waals surface area contributed by atoms with Gasteiger partial charge in [-0.3, -0.25) is 19.4 Å². The molecule has 2 aliphatic heterocycles. The number of nitrogens with one attached hydrogen (secondary N) is 1. The molecule has 8 heteroatoms. The van der Waals surface area contributed by atoms with Crippen LogP contribution in [0.15, 0.2) is 24.7 Å². The lowest BCUT2D eigenvalue weighted by molar-refractivity contribution is -0.117. The van der Waals surface area contributed by atoms with Gasteiger partial charge < -0.3 is 9.80 Å².